The van der Waals surface area contributed by atoms with Crippen molar-refractivity contribution in [2.24, 2.45) is 0 Å². The number of halogens is 2. The van der Waals surface area contributed by atoms with Gasteiger partial charge in [0.2, 0.25) is 0 Å². The second kappa shape index (κ2) is 6.52. The molecule has 1 atom stereocenters. The van der Waals surface area contributed by atoms with Gasteiger partial charge in [0.25, 0.3) is 0 Å². The fraction of sp³-hybridized carbons (Fsp3) is 0.333. The van der Waals surface area contributed by atoms with Crippen LogP contribution in [0.15, 0.2) is 36.8 Å². The van der Waals surface area contributed by atoms with Gasteiger partial charge in [-0.25, -0.2) is 8.78 Å². The van der Waals surface area contributed by atoms with Crippen LogP contribution in [0.1, 0.15) is 18.2 Å². The lowest BCUT2D eigenvalue weighted by atomic mass is 10.1. The Balaban J connectivity index is 1.98. The molecule has 2 rings (SSSR count). The molecule has 2 aromatic rings. The standard InChI is InChI=1S/C15H17F2N3/c1-11(5-15-9-18-3-4-19-15)20(2)10-12-6-13(16)8-14(17)7-12/h3-4,6-9,11H,5,10H2,1-2H3/t11-/m1/s1. The highest BCUT2D eigenvalue weighted by Gasteiger charge is 2.12. The molecule has 0 N–H and O–H groups in total. The maximum Gasteiger partial charge on any atom is 0.126 e. The van der Waals surface area contributed by atoms with Crippen LogP contribution in [0.25, 0.3) is 0 Å². The molecule has 0 aliphatic heterocycles. The Hall–Kier alpha value is -1.88. The molecule has 0 unspecified atom stereocenters. The van der Waals surface area contributed by atoms with Crippen LogP contribution < -0.4 is 0 Å². The fourth-order valence-corrected chi connectivity index (χ4v) is 2.04. The first kappa shape index (κ1) is 14.5. The summed E-state index contributed by atoms with van der Waals surface area (Å²) in [4.78, 5) is 10.3. The van der Waals surface area contributed by atoms with Crippen LogP contribution in [-0.4, -0.2) is 28.0 Å². The Labute approximate surface area is 117 Å². The molecule has 0 spiro atoms. The summed E-state index contributed by atoms with van der Waals surface area (Å²) in [5, 5.41) is 0. The van der Waals surface area contributed by atoms with E-state index in [1.807, 2.05) is 18.9 Å². The Morgan fingerprint density at radius 1 is 1.15 bits per heavy atom. The van der Waals surface area contributed by atoms with Crippen molar-refractivity contribution in [2.45, 2.75) is 25.9 Å². The van der Waals surface area contributed by atoms with Crippen molar-refractivity contribution < 1.29 is 8.78 Å². The Bertz CT molecular complexity index is 540. The zero-order valence-electron chi connectivity index (χ0n) is 11.6. The number of nitrogens with zero attached hydrogens (tertiary/aromatic N) is 3. The Morgan fingerprint density at radius 3 is 2.45 bits per heavy atom. The summed E-state index contributed by atoms with van der Waals surface area (Å²) in [5.74, 6) is -1.09. The molecule has 106 valence electrons. The van der Waals surface area contributed by atoms with E-state index in [1.54, 1.807) is 18.6 Å². The van der Waals surface area contributed by atoms with Gasteiger partial charge in [0.15, 0.2) is 0 Å². The van der Waals surface area contributed by atoms with Crippen LogP contribution >= 0.6 is 0 Å². The van der Waals surface area contributed by atoms with E-state index in [-0.39, 0.29) is 6.04 Å². The van der Waals surface area contributed by atoms with E-state index in [0.29, 0.717) is 12.1 Å². The van der Waals surface area contributed by atoms with Gasteiger partial charge < -0.3 is 0 Å². The van der Waals surface area contributed by atoms with Crippen molar-refractivity contribution >= 4 is 0 Å². The Kier molecular flexibility index (Phi) is 4.74. The molecular formula is C15H17F2N3. The highest BCUT2D eigenvalue weighted by Crippen LogP contribution is 2.12. The minimum atomic E-state index is -0.546. The normalized spacial score (nSPS) is 12.7. The molecule has 0 amide bonds. The van der Waals surface area contributed by atoms with Crippen molar-refractivity contribution in [3.63, 3.8) is 0 Å². The largest absolute Gasteiger partial charge is 0.299 e. The first-order valence-corrected chi connectivity index (χ1v) is 6.44. The number of rotatable bonds is 5. The summed E-state index contributed by atoms with van der Waals surface area (Å²) in [6.07, 6.45) is 5.76. The predicted molar refractivity (Wildman–Crippen MR) is 73.0 cm³/mol. The average molecular weight is 277 g/mol. The zero-order valence-corrected chi connectivity index (χ0v) is 11.6. The van der Waals surface area contributed by atoms with Crippen molar-refractivity contribution in [3.8, 4) is 0 Å². The monoisotopic (exact) mass is 277 g/mol. The first-order chi connectivity index (χ1) is 9.54. The summed E-state index contributed by atoms with van der Waals surface area (Å²) < 4.78 is 26.3. The van der Waals surface area contributed by atoms with E-state index in [0.717, 1.165) is 18.2 Å². The van der Waals surface area contributed by atoms with Gasteiger partial charge in [-0.05, 0) is 31.7 Å². The third-order valence-corrected chi connectivity index (χ3v) is 3.23. The molecule has 0 radical (unpaired) electrons. The van der Waals surface area contributed by atoms with Gasteiger partial charge in [0, 0.05) is 43.7 Å². The van der Waals surface area contributed by atoms with Crippen molar-refractivity contribution in [1.82, 2.24) is 14.9 Å². The first-order valence-electron chi connectivity index (χ1n) is 6.44. The molecule has 1 aromatic heterocycles. The molecule has 3 nitrogen and oxygen atoms in total. The number of hydrogen-bond donors (Lipinski definition) is 0. The van der Waals surface area contributed by atoms with Crippen LogP contribution in [0.4, 0.5) is 8.78 Å². The number of hydrogen-bond acceptors (Lipinski definition) is 3. The van der Waals surface area contributed by atoms with Gasteiger partial charge in [-0.2, -0.15) is 0 Å². The van der Waals surface area contributed by atoms with E-state index in [2.05, 4.69) is 9.97 Å². The molecule has 0 aliphatic rings. The minimum Gasteiger partial charge on any atom is -0.299 e. The summed E-state index contributed by atoms with van der Waals surface area (Å²) in [6, 6.07) is 3.79. The summed E-state index contributed by atoms with van der Waals surface area (Å²) in [5.41, 5.74) is 1.52. The van der Waals surface area contributed by atoms with E-state index in [4.69, 9.17) is 0 Å². The van der Waals surface area contributed by atoms with E-state index >= 15 is 0 Å². The lowest BCUT2D eigenvalue weighted by molar-refractivity contribution is 0.246. The fourth-order valence-electron chi connectivity index (χ4n) is 2.04. The van der Waals surface area contributed by atoms with Crippen molar-refractivity contribution in [2.75, 3.05) is 7.05 Å². The molecular weight excluding hydrogens is 260 g/mol. The maximum absolute atomic E-state index is 13.1. The average Bonchev–Trinajstić information content (AvgIpc) is 2.38. The van der Waals surface area contributed by atoms with Gasteiger partial charge >= 0.3 is 0 Å². The summed E-state index contributed by atoms with van der Waals surface area (Å²) in [6.45, 7) is 2.53. The highest BCUT2D eigenvalue weighted by molar-refractivity contribution is 5.17. The Morgan fingerprint density at radius 2 is 1.85 bits per heavy atom. The van der Waals surface area contributed by atoms with Crippen LogP contribution in [0.3, 0.4) is 0 Å². The van der Waals surface area contributed by atoms with Crippen LogP contribution in [0.5, 0.6) is 0 Å². The lowest BCUT2D eigenvalue weighted by Crippen LogP contribution is -2.30. The molecule has 1 heterocycles. The van der Waals surface area contributed by atoms with Crippen LogP contribution in [-0.2, 0) is 13.0 Å². The van der Waals surface area contributed by atoms with E-state index in [1.165, 1.54) is 12.1 Å². The SMILES string of the molecule is C[C@H](Cc1cnccn1)N(C)Cc1cc(F)cc(F)c1. The smallest absolute Gasteiger partial charge is 0.126 e. The highest BCUT2D eigenvalue weighted by atomic mass is 19.1. The molecule has 0 aliphatic carbocycles. The third-order valence-electron chi connectivity index (χ3n) is 3.23. The molecule has 1 aromatic carbocycles. The van der Waals surface area contributed by atoms with Gasteiger partial charge in [-0.3, -0.25) is 14.9 Å². The zero-order chi connectivity index (χ0) is 14.5. The molecule has 20 heavy (non-hydrogen) atoms. The number of likely N-dealkylation sites (N-methyl/N-ethyl adjacent to an activating group) is 1. The molecule has 5 heteroatoms. The van der Waals surface area contributed by atoms with E-state index < -0.39 is 11.6 Å². The third kappa shape index (κ3) is 4.06. The van der Waals surface area contributed by atoms with Crippen molar-refractivity contribution in [1.29, 1.82) is 0 Å². The molecule has 0 bridgehead atoms. The van der Waals surface area contributed by atoms with Gasteiger partial charge in [0.05, 0.1) is 5.69 Å². The minimum absolute atomic E-state index is 0.193. The molecule has 0 saturated heterocycles. The topological polar surface area (TPSA) is 29.0 Å². The summed E-state index contributed by atoms with van der Waals surface area (Å²) >= 11 is 0. The molecule has 0 saturated carbocycles. The quantitative estimate of drug-likeness (QED) is 0.841. The van der Waals surface area contributed by atoms with Crippen LogP contribution in [0.2, 0.25) is 0 Å². The second-order valence-corrected chi connectivity index (χ2v) is 4.94. The predicted octanol–water partition coefficient (Wildman–Crippen LogP) is 2.82. The lowest BCUT2D eigenvalue weighted by Gasteiger charge is -2.24. The number of aromatic nitrogens is 2. The second-order valence-electron chi connectivity index (χ2n) is 4.94. The maximum atomic E-state index is 13.1. The van der Waals surface area contributed by atoms with Crippen LogP contribution in [0, 0.1) is 11.6 Å². The van der Waals surface area contributed by atoms with Crippen molar-refractivity contribution in [3.05, 3.63) is 59.7 Å². The van der Waals surface area contributed by atoms with E-state index in [9.17, 15) is 8.78 Å². The van der Waals surface area contributed by atoms with Gasteiger partial charge in [0.1, 0.15) is 11.6 Å². The summed E-state index contributed by atoms with van der Waals surface area (Å²) in [7, 11) is 1.92. The number of benzene rings is 1. The van der Waals surface area contributed by atoms with Gasteiger partial charge in [-0.15, -0.1) is 0 Å². The van der Waals surface area contributed by atoms with Gasteiger partial charge in [-0.1, -0.05) is 0 Å². The molecule has 0 fully saturated rings.